The molecular formula is C21H28N6. The molecule has 0 atom stereocenters. The van der Waals surface area contributed by atoms with E-state index in [1.54, 1.807) is 7.05 Å². The molecule has 3 aromatic rings. The highest BCUT2D eigenvalue weighted by Crippen LogP contribution is 2.09. The maximum atomic E-state index is 4.30. The Balaban J connectivity index is 1.40. The van der Waals surface area contributed by atoms with Gasteiger partial charge in [0.2, 0.25) is 0 Å². The molecule has 2 aromatic heterocycles. The summed E-state index contributed by atoms with van der Waals surface area (Å²) in [7, 11) is 1.80. The van der Waals surface area contributed by atoms with Gasteiger partial charge in [0, 0.05) is 32.8 Å². The summed E-state index contributed by atoms with van der Waals surface area (Å²) in [6.45, 7) is 5.98. The Hall–Kier alpha value is -2.89. The first-order chi connectivity index (χ1) is 13.2. The van der Waals surface area contributed by atoms with Crippen molar-refractivity contribution in [3.63, 3.8) is 0 Å². The highest BCUT2D eigenvalue weighted by molar-refractivity contribution is 5.79. The third kappa shape index (κ3) is 5.29. The quantitative estimate of drug-likeness (QED) is 0.384. The molecule has 3 rings (SSSR count). The van der Waals surface area contributed by atoms with Crippen LogP contribution in [0.3, 0.4) is 0 Å². The molecule has 0 spiro atoms. The zero-order valence-electron chi connectivity index (χ0n) is 16.4. The number of rotatable bonds is 7. The summed E-state index contributed by atoms with van der Waals surface area (Å²) in [5, 5.41) is 15.2. The summed E-state index contributed by atoms with van der Waals surface area (Å²) in [6.07, 6.45) is 4.83. The first kappa shape index (κ1) is 18.9. The third-order valence-corrected chi connectivity index (χ3v) is 4.47. The van der Waals surface area contributed by atoms with Gasteiger partial charge in [0.1, 0.15) is 5.82 Å². The van der Waals surface area contributed by atoms with Crippen molar-refractivity contribution in [3.05, 3.63) is 65.1 Å². The van der Waals surface area contributed by atoms with Crippen LogP contribution in [0.15, 0.2) is 47.6 Å². The lowest BCUT2D eigenvalue weighted by atomic mass is 10.1. The molecule has 0 aliphatic heterocycles. The molecule has 0 aliphatic rings. The van der Waals surface area contributed by atoms with Crippen molar-refractivity contribution >= 4 is 11.6 Å². The predicted octanol–water partition coefficient (Wildman–Crippen LogP) is 2.69. The normalized spacial score (nSPS) is 11.7. The fraction of sp³-hybridized carbons (Fsp3) is 0.381. The zero-order chi connectivity index (χ0) is 19.1. The molecule has 0 unspecified atom stereocenters. The van der Waals surface area contributed by atoms with Crippen LogP contribution in [-0.2, 0) is 12.8 Å². The second-order valence-electron chi connectivity index (χ2n) is 6.82. The lowest BCUT2D eigenvalue weighted by Crippen LogP contribution is -2.38. The van der Waals surface area contributed by atoms with Gasteiger partial charge in [-0.05, 0) is 44.4 Å². The lowest BCUT2D eigenvalue weighted by molar-refractivity contribution is 0.712. The van der Waals surface area contributed by atoms with Gasteiger partial charge in [-0.25, -0.2) is 0 Å². The van der Waals surface area contributed by atoms with Crippen molar-refractivity contribution in [1.29, 1.82) is 0 Å². The Labute approximate surface area is 160 Å². The van der Waals surface area contributed by atoms with Crippen LogP contribution in [-0.4, -0.2) is 40.7 Å². The van der Waals surface area contributed by atoms with Crippen LogP contribution in [0.1, 0.15) is 28.9 Å². The molecule has 142 valence electrons. The number of nitrogens with zero attached hydrogens (tertiary/aromatic N) is 4. The summed E-state index contributed by atoms with van der Waals surface area (Å²) in [4.78, 5) is 4.30. The number of aromatic nitrogens is 3. The summed E-state index contributed by atoms with van der Waals surface area (Å²) in [5.41, 5.74) is 4.88. The van der Waals surface area contributed by atoms with E-state index in [4.69, 9.17) is 0 Å². The predicted molar refractivity (Wildman–Crippen MR) is 110 cm³/mol. The van der Waals surface area contributed by atoms with Crippen molar-refractivity contribution in [2.45, 2.75) is 33.1 Å². The molecule has 0 radical (unpaired) electrons. The topological polar surface area (TPSA) is 66.6 Å². The number of benzene rings is 1. The van der Waals surface area contributed by atoms with Crippen molar-refractivity contribution in [1.82, 2.24) is 25.2 Å². The number of aliphatic imine (C=N–C) groups is 1. The second kappa shape index (κ2) is 9.16. The van der Waals surface area contributed by atoms with Crippen LogP contribution in [0.2, 0.25) is 0 Å². The monoisotopic (exact) mass is 364 g/mol. The van der Waals surface area contributed by atoms with Gasteiger partial charge in [0.25, 0.3) is 0 Å². The van der Waals surface area contributed by atoms with Gasteiger partial charge in [-0.15, -0.1) is 10.2 Å². The van der Waals surface area contributed by atoms with Gasteiger partial charge in [-0.2, -0.15) is 0 Å². The van der Waals surface area contributed by atoms with Gasteiger partial charge < -0.3 is 10.6 Å². The van der Waals surface area contributed by atoms with E-state index in [1.165, 1.54) is 16.7 Å². The fourth-order valence-electron chi connectivity index (χ4n) is 3.27. The summed E-state index contributed by atoms with van der Waals surface area (Å²) in [5.74, 6) is 1.83. The first-order valence-electron chi connectivity index (χ1n) is 9.46. The standard InChI is InChI=1S/C21H28N6/c1-16-13-17(2)15-18(14-16)9-11-24-21(22-3)23-10-6-8-20-26-25-19-7-4-5-12-27(19)20/h4-5,7,12-15H,6,8-11H2,1-3H3,(H2,22,23,24). The highest BCUT2D eigenvalue weighted by atomic mass is 15.2. The molecule has 0 fully saturated rings. The Morgan fingerprint density at radius 1 is 1.00 bits per heavy atom. The van der Waals surface area contributed by atoms with Gasteiger partial charge >= 0.3 is 0 Å². The van der Waals surface area contributed by atoms with Crippen LogP contribution in [0.5, 0.6) is 0 Å². The van der Waals surface area contributed by atoms with Crippen molar-refractivity contribution in [2.24, 2.45) is 4.99 Å². The molecule has 1 aromatic carbocycles. The molecule has 27 heavy (non-hydrogen) atoms. The average Bonchev–Trinajstić information content (AvgIpc) is 3.06. The van der Waals surface area contributed by atoms with E-state index in [0.717, 1.165) is 49.8 Å². The largest absolute Gasteiger partial charge is 0.356 e. The smallest absolute Gasteiger partial charge is 0.190 e. The number of hydrogen-bond acceptors (Lipinski definition) is 3. The minimum absolute atomic E-state index is 0.838. The van der Waals surface area contributed by atoms with Gasteiger partial charge in [0.15, 0.2) is 11.6 Å². The Bertz CT molecular complexity index is 892. The van der Waals surface area contributed by atoms with E-state index in [2.05, 4.69) is 57.9 Å². The molecule has 2 heterocycles. The minimum atomic E-state index is 0.838. The number of hydrogen-bond donors (Lipinski definition) is 2. The van der Waals surface area contributed by atoms with E-state index in [-0.39, 0.29) is 0 Å². The Morgan fingerprint density at radius 2 is 1.78 bits per heavy atom. The van der Waals surface area contributed by atoms with E-state index in [0.29, 0.717) is 0 Å². The third-order valence-electron chi connectivity index (χ3n) is 4.47. The van der Waals surface area contributed by atoms with Crippen molar-refractivity contribution in [3.8, 4) is 0 Å². The first-order valence-corrected chi connectivity index (χ1v) is 9.46. The van der Waals surface area contributed by atoms with Crippen LogP contribution >= 0.6 is 0 Å². The van der Waals surface area contributed by atoms with Crippen molar-refractivity contribution < 1.29 is 0 Å². The Morgan fingerprint density at radius 3 is 2.56 bits per heavy atom. The zero-order valence-corrected chi connectivity index (χ0v) is 16.4. The van der Waals surface area contributed by atoms with E-state index in [9.17, 15) is 0 Å². The SMILES string of the molecule is CN=C(NCCCc1nnc2ccccn12)NCCc1cc(C)cc(C)c1. The summed E-state index contributed by atoms with van der Waals surface area (Å²) >= 11 is 0. The highest BCUT2D eigenvalue weighted by Gasteiger charge is 2.04. The molecule has 6 heteroatoms. The maximum absolute atomic E-state index is 4.30. The Kier molecular flexibility index (Phi) is 6.41. The van der Waals surface area contributed by atoms with Crippen LogP contribution in [0.4, 0.5) is 0 Å². The second-order valence-corrected chi connectivity index (χ2v) is 6.82. The molecule has 0 saturated heterocycles. The van der Waals surface area contributed by atoms with E-state index >= 15 is 0 Å². The molecule has 0 amide bonds. The summed E-state index contributed by atoms with van der Waals surface area (Å²) in [6, 6.07) is 12.6. The number of nitrogens with one attached hydrogen (secondary N) is 2. The van der Waals surface area contributed by atoms with Crippen molar-refractivity contribution in [2.75, 3.05) is 20.1 Å². The maximum Gasteiger partial charge on any atom is 0.190 e. The van der Waals surface area contributed by atoms with E-state index in [1.807, 2.05) is 28.8 Å². The molecule has 6 nitrogen and oxygen atoms in total. The number of pyridine rings is 1. The molecule has 2 N–H and O–H groups in total. The molecule has 0 bridgehead atoms. The van der Waals surface area contributed by atoms with Gasteiger partial charge in [0.05, 0.1) is 0 Å². The number of fused-ring (bicyclic) bond motifs is 1. The fourth-order valence-corrected chi connectivity index (χ4v) is 3.27. The number of guanidine groups is 1. The van der Waals surface area contributed by atoms with Crippen LogP contribution < -0.4 is 10.6 Å². The van der Waals surface area contributed by atoms with Crippen LogP contribution in [0, 0.1) is 13.8 Å². The summed E-state index contributed by atoms with van der Waals surface area (Å²) < 4.78 is 2.04. The minimum Gasteiger partial charge on any atom is -0.356 e. The van der Waals surface area contributed by atoms with E-state index < -0.39 is 0 Å². The lowest BCUT2D eigenvalue weighted by Gasteiger charge is -2.12. The van der Waals surface area contributed by atoms with Gasteiger partial charge in [-0.1, -0.05) is 35.4 Å². The van der Waals surface area contributed by atoms with Gasteiger partial charge in [-0.3, -0.25) is 9.39 Å². The van der Waals surface area contributed by atoms with Crippen LogP contribution in [0.25, 0.3) is 5.65 Å². The number of aryl methyl sites for hydroxylation is 3. The average molecular weight is 364 g/mol. The molecular weight excluding hydrogens is 336 g/mol. The molecule has 0 aliphatic carbocycles. The molecule has 0 saturated carbocycles.